The first kappa shape index (κ1) is 22.6. The largest absolute Gasteiger partial charge is 0.497 e. The van der Waals surface area contributed by atoms with Crippen molar-refractivity contribution in [3.63, 3.8) is 0 Å². The number of nitrogens with two attached hydrogens (primary N) is 1. The van der Waals surface area contributed by atoms with Crippen LogP contribution in [0.1, 0.15) is 42.9 Å². The average molecular weight is 456 g/mol. The summed E-state index contributed by atoms with van der Waals surface area (Å²) in [5.74, 6) is 0.732. The zero-order valence-corrected chi connectivity index (χ0v) is 19.2. The summed E-state index contributed by atoms with van der Waals surface area (Å²) in [5.41, 5.74) is 7.36. The fraction of sp³-hybridized carbons (Fsp3) is 0.440. The maximum Gasteiger partial charge on any atom is 0.229 e. The number of likely N-dealkylation sites (tertiary alicyclic amines) is 2. The van der Waals surface area contributed by atoms with Crippen molar-refractivity contribution < 1.29 is 14.3 Å². The Morgan fingerprint density at radius 2 is 1.81 bits per heavy atom. The number of carbonyl (C=O) groups excluding carboxylic acids is 2. The molecule has 7 heteroatoms. The van der Waals surface area contributed by atoms with Crippen LogP contribution in [0.15, 0.2) is 48.5 Å². The summed E-state index contributed by atoms with van der Waals surface area (Å²) in [6, 6.07) is 15.4. The number of rotatable bonds is 7. The van der Waals surface area contributed by atoms with Gasteiger partial charge in [-0.05, 0) is 67.7 Å². The van der Waals surface area contributed by atoms with Crippen LogP contribution < -0.4 is 10.5 Å². The van der Waals surface area contributed by atoms with E-state index in [1.165, 1.54) is 0 Å². The summed E-state index contributed by atoms with van der Waals surface area (Å²) in [5, 5.41) is 0.644. The lowest BCUT2D eigenvalue weighted by atomic mass is 9.76. The third-order valence-electron chi connectivity index (χ3n) is 6.96. The highest BCUT2D eigenvalue weighted by atomic mass is 35.5. The smallest absolute Gasteiger partial charge is 0.229 e. The molecule has 32 heavy (non-hydrogen) atoms. The molecule has 0 radical (unpaired) electrons. The third kappa shape index (κ3) is 4.76. The highest BCUT2D eigenvalue weighted by Crippen LogP contribution is 2.44. The summed E-state index contributed by atoms with van der Waals surface area (Å²) >= 11 is 6.19. The zero-order valence-electron chi connectivity index (χ0n) is 18.4. The van der Waals surface area contributed by atoms with Gasteiger partial charge >= 0.3 is 0 Å². The van der Waals surface area contributed by atoms with E-state index in [9.17, 15) is 9.59 Å². The van der Waals surface area contributed by atoms with Gasteiger partial charge in [0, 0.05) is 30.6 Å². The number of amides is 2. The van der Waals surface area contributed by atoms with Gasteiger partial charge in [0.1, 0.15) is 5.75 Å². The highest BCUT2D eigenvalue weighted by Gasteiger charge is 2.48. The van der Waals surface area contributed by atoms with E-state index in [1.807, 2.05) is 53.4 Å². The molecule has 2 heterocycles. The van der Waals surface area contributed by atoms with E-state index in [0.717, 1.165) is 55.8 Å². The molecule has 0 aromatic heterocycles. The van der Waals surface area contributed by atoms with Gasteiger partial charge < -0.3 is 15.4 Å². The fourth-order valence-corrected chi connectivity index (χ4v) is 5.28. The Kier molecular flexibility index (Phi) is 6.72. The molecule has 170 valence electrons. The van der Waals surface area contributed by atoms with E-state index < -0.39 is 0 Å². The molecule has 2 aromatic rings. The minimum absolute atomic E-state index is 0.115. The van der Waals surface area contributed by atoms with Crippen molar-refractivity contribution in [2.45, 2.75) is 38.3 Å². The third-order valence-corrected chi connectivity index (χ3v) is 7.19. The Labute approximate surface area is 194 Å². The predicted octanol–water partition coefficient (Wildman–Crippen LogP) is 3.78. The van der Waals surface area contributed by atoms with Crippen LogP contribution in [-0.2, 0) is 16.1 Å². The lowest BCUT2D eigenvalue weighted by Gasteiger charge is -2.41. The predicted molar refractivity (Wildman–Crippen MR) is 124 cm³/mol. The molecule has 2 N–H and O–H groups in total. The van der Waals surface area contributed by atoms with Gasteiger partial charge in [0.25, 0.3) is 0 Å². The van der Waals surface area contributed by atoms with Gasteiger partial charge in [-0.1, -0.05) is 35.9 Å². The van der Waals surface area contributed by atoms with Crippen molar-refractivity contribution in [1.29, 1.82) is 0 Å². The number of carbonyl (C=O) groups is 2. The topological polar surface area (TPSA) is 75.9 Å². The molecule has 1 unspecified atom stereocenters. The first-order chi connectivity index (χ1) is 15.4. The molecule has 2 saturated heterocycles. The monoisotopic (exact) mass is 455 g/mol. The van der Waals surface area contributed by atoms with Crippen molar-refractivity contribution in [2.24, 2.45) is 11.1 Å². The number of ether oxygens (including phenoxy) is 1. The molecule has 2 fully saturated rings. The Bertz CT molecular complexity index is 971. The molecule has 1 atom stereocenters. The molecule has 1 spiro atoms. The molecule has 2 amide bonds. The number of hydrogen-bond donors (Lipinski definition) is 1. The quantitative estimate of drug-likeness (QED) is 0.689. The van der Waals surface area contributed by atoms with Crippen LogP contribution in [0.25, 0.3) is 0 Å². The summed E-state index contributed by atoms with van der Waals surface area (Å²) in [7, 11) is 1.65. The Balaban J connectivity index is 1.42. The van der Waals surface area contributed by atoms with Crippen molar-refractivity contribution in [1.82, 2.24) is 9.80 Å². The standard InChI is InChI=1S/C25H30ClN3O3/c1-32-21-7-5-18(6-8-21)17-29-14-11-25(24(29)31)9-12-28(13-10-25)22(16-23(27)30)19-3-2-4-20(26)15-19/h2-8,15,22H,9-14,16-17H2,1H3,(H2,27,30). The van der Waals surface area contributed by atoms with Gasteiger partial charge in [-0.25, -0.2) is 0 Å². The minimum Gasteiger partial charge on any atom is -0.497 e. The van der Waals surface area contributed by atoms with Gasteiger partial charge in [0.15, 0.2) is 0 Å². The zero-order chi connectivity index (χ0) is 22.7. The fourth-order valence-electron chi connectivity index (χ4n) is 5.08. The van der Waals surface area contributed by atoms with Gasteiger partial charge in [0.2, 0.25) is 11.8 Å². The first-order valence-corrected chi connectivity index (χ1v) is 11.5. The van der Waals surface area contributed by atoms with E-state index in [0.29, 0.717) is 11.6 Å². The van der Waals surface area contributed by atoms with E-state index in [-0.39, 0.29) is 29.7 Å². The van der Waals surface area contributed by atoms with Crippen LogP contribution in [0.5, 0.6) is 5.75 Å². The van der Waals surface area contributed by atoms with Crippen LogP contribution in [0, 0.1) is 5.41 Å². The maximum absolute atomic E-state index is 13.4. The van der Waals surface area contributed by atoms with Gasteiger partial charge in [-0.15, -0.1) is 0 Å². The van der Waals surface area contributed by atoms with Crippen molar-refractivity contribution in [2.75, 3.05) is 26.7 Å². The van der Waals surface area contributed by atoms with Gasteiger partial charge in [-0.3, -0.25) is 14.5 Å². The van der Waals surface area contributed by atoms with Crippen molar-refractivity contribution >= 4 is 23.4 Å². The molecular weight excluding hydrogens is 426 g/mol. The first-order valence-electron chi connectivity index (χ1n) is 11.1. The molecule has 0 saturated carbocycles. The number of benzene rings is 2. The summed E-state index contributed by atoms with van der Waals surface area (Å²) in [6.45, 7) is 2.92. The molecule has 0 aliphatic carbocycles. The van der Waals surface area contributed by atoms with Crippen LogP contribution in [0.3, 0.4) is 0 Å². The number of nitrogens with zero attached hydrogens (tertiary/aromatic N) is 2. The van der Waals surface area contributed by atoms with Gasteiger partial charge in [-0.2, -0.15) is 0 Å². The Morgan fingerprint density at radius 1 is 1.12 bits per heavy atom. The molecule has 4 rings (SSSR count). The molecular formula is C25H30ClN3O3. The maximum atomic E-state index is 13.4. The SMILES string of the molecule is COc1ccc(CN2CCC3(CCN(C(CC(N)=O)c4cccc(Cl)c4)CC3)C2=O)cc1. The van der Waals surface area contributed by atoms with Crippen molar-refractivity contribution in [3.8, 4) is 5.75 Å². The molecule has 2 aliphatic rings. The lowest BCUT2D eigenvalue weighted by molar-refractivity contribution is -0.139. The second-order valence-electron chi connectivity index (χ2n) is 8.88. The summed E-state index contributed by atoms with van der Waals surface area (Å²) in [4.78, 5) is 29.4. The second-order valence-corrected chi connectivity index (χ2v) is 9.32. The minimum atomic E-state index is -0.335. The molecule has 2 aliphatic heterocycles. The van der Waals surface area contributed by atoms with Crippen LogP contribution in [0.4, 0.5) is 0 Å². The normalized spacial score (nSPS) is 19.3. The number of hydrogen-bond acceptors (Lipinski definition) is 4. The summed E-state index contributed by atoms with van der Waals surface area (Å²) in [6.07, 6.45) is 2.71. The molecule has 2 aromatic carbocycles. The van der Waals surface area contributed by atoms with Crippen LogP contribution in [0.2, 0.25) is 5.02 Å². The number of halogens is 1. The van der Waals surface area contributed by atoms with Gasteiger partial charge in [0.05, 0.1) is 12.5 Å². The second kappa shape index (κ2) is 9.51. The summed E-state index contributed by atoms with van der Waals surface area (Å²) < 4.78 is 5.22. The van der Waals surface area contributed by atoms with E-state index in [4.69, 9.17) is 22.1 Å². The number of primary amides is 1. The highest BCUT2D eigenvalue weighted by molar-refractivity contribution is 6.30. The van der Waals surface area contributed by atoms with Crippen molar-refractivity contribution in [3.05, 3.63) is 64.7 Å². The van der Waals surface area contributed by atoms with Crippen LogP contribution in [-0.4, -0.2) is 48.4 Å². The lowest BCUT2D eigenvalue weighted by Crippen LogP contribution is -2.46. The molecule has 6 nitrogen and oxygen atoms in total. The number of piperidine rings is 1. The average Bonchev–Trinajstić information content (AvgIpc) is 3.08. The number of methoxy groups -OCH3 is 1. The Hall–Kier alpha value is -2.57. The van der Waals surface area contributed by atoms with Crippen LogP contribution >= 0.6 is 11.6 Å². The van der Waals surface area contributed by atoms with E-state index >= 15 is 0 Å². The van der Waals surface area contributed by atoms with E-state index in [1.54, 1.807) is 7.11 Å². The van der Waals surface area contributed by atoms with E-state index in [2.05, 4.69) is 4.90 Å². The molecule has 0 bridgehead atoms. The Morgan fingerprint density at radius 3 is 2.44 bits per heavy atom.